The van der Waals surface area contributed by atoms with Gasteiger partial charge in [-0.15, -0.1) is 0 Å². The summed E-state index contributed by atoms with van der Waals surface area (Å²) in [5.41, 5.74) is 5.00. The zero-order valence-corrected chi connectivity index (χ0v) is 7.67. The van der Waals surface area contributed by atoms with E-state index in [1.54, 1.807) is 0 Å². The van der Waals surface area contributed by atoms with Gasteiger partial charge in [-0.25, -0.2) is 13.2 Å². The molecule has 1 saturated heterocycles. The molecular weight excluding hydrogens is 180 g/mol. The molecule has 1 aliphatic rings. The lowest BCUT2D eigenvalue weighted by Crippen LogP contribution is -2.35. The predicted molar refractivity (Wildman–Crippen MR) is 44.4 cm³/mol. The first kappa shape index (κ1) is 9.31. The van der Waals surface area contributed by atoms with Gasteiger partial charge in [0.2, 0.25) is 0 Å². The number of nitrogens with two attached hydrogens (primary N) is 1. The molecule has 0 bridgehead atoms. The number of hydrogen-bond acceptors (Lipinski definition) is 3. The van der Waals surface area contributed by atoms with Gasteiger partial charge in [0, 0.05) is 19.3 Å². The third-order valence-corrected chi connectivity index (χ3v) is 3.66. The normalized spacial score (nSPS) is 24.4. The number of carbonyl (C=O) groups is 1. The van der Waals surface area contributed by atoms with Crippen molar-refractivity contribution in [1.29, 1.82) is 0 Å². The first-order valence-electron chi connectivity index (χ1n) is 3.64. The van der Waals surface area contributed by atoms with Gasteiger partial charge in [-0.05, 0) is 6.42 Å². The molecule has 1 fully saturated rings. The molecule has 0 aromatic carbocycles. The minimum atomic E-state index is -3.02. The maximum absolute atomic E-state index is 11.0. The number of amides is 2. The Hall–Kier alpha value is -0.780. The van der Waals surface area contributed by atoms with E-state index in [0.29, 0.717) is 13.0 Å². The third-order valence-electron chi connectivity index (χ3n) is 2.06. The van der Waals surface area contributed by atoms with Gasteiger partial charge in [0.25, 0.3) is 0 Å². The number of likely N-dealkylation sites (tertiary alicyclic amines) is 1. The van der Waals surface area contributed by atoms with Crippen LogP contribution >= 0.6 is 0 Å². The zero-order chi connectivity index (χ0) is 9.35. The summed E-state index contributed by atoms with van der Waals surface area (Å²) in [6.45, 7) is 0.696. The molecular formula is C6H12N2O3S. The van der Waals surface area contributed by atoms with Crippen LogP contribution in [0.1, 0.15) is 6.42 Å². The van der Waals surface area contributed by atoms with Crippen LogP contribution in [0.3, 0.4) is 0 Å². The molecule has 2 N–H and O–H groups in total. The van der Waals surface area contributed by atoms with E-state index in [1.165, 1.54) is 11.2 Å². The van der Waals surface area contributed by atoms with Crippen molar-refractivity contribution in [1.82, 2.24) is 4.90 Å². The molecule has 0 aromatic heterocycles. The highest BCUT2D eigenvalue weighted by Gasteiger charge is 2.31. The Bertz CT molecular complexity index is 285. The van der Waals surface area contributed by atoms with Gasteiger partial charge in [-0.1, -0.05) is 0 Å². The molecule has 0 unspecified atom stereocenters. The van der Waals surface area contributed by atoms with Gasteiger partial charge in [0.1, 0.15) is 0 Å². The molecule has 1 atom stereocenters. The van der Waals surface area contributed by atoms with Crippen molar-refractivity contribution in [3.8, 4) is 0 Å². The second-order valence-corrected chi connectivity index (χ2v) is 5.35. The first-order chi connectivity index (χ1) is 5.41. The Morgan fingerprint density at radius 1 is 1.58 bits per heavy atom. The van der Waals surface area contributed by atoms with Gasteiger partial charge in [0.15, 0.2) is 9.84 Å². The lowest BCUT2D eigenvalue weighted by atomic mass is 10.4. The molecule has 0 aromatic rings. The average molecular weight is 192 g/mol. The van der Waals surface area contributed by atoms with E-state index >= 15 is 0 Å². The van der Waals surface area contributed by atoms with Crippen molar-refractivity contribution in [3.63, 3.8) is 0 Å². The number of sulfone groups is 1. The Balaban J connectivity index is 2.64. The maximum atomic E-state index is 11.0. The van der Waals surface area contributed by atoms with E-state index in [9.17, 15) is 13.2 Å². The van der Waals surface area contributed by atoms with Crippen molar-refractivity contribution < 1.29 is 13.2 Å². The van der Waals surface area contributed by atoms with E-state index in [0.717, 1.165) is 0 Å². The average Bonchev–Trinajstić information content (AvgIpc) is 2.30. The summed E-state index contributed by atoms with van der Waals surface area (Å²) < 4.78 is 22.0. The van der Waals surface area contributed by atoms with Crippen molar-refractivity contribution in [3.05, 3.63) is 0 Å². The second kappa shape index (κ2) is 2.93. The van der Waals surface area contributed by atoms with Crippen molar-refractivity contribution in [2.45, 2.75) is 11.7 Å². The molecule has 1 aliphatic heterocycles. The Morgan fingerprint density at radius 2 is 2.17 bits per heavy atom. The molecule has 0 radical (unpaired) electrons. The van der Waals surface area contributed by atoms with E-state index in [1.807, 2.05) is 0 Å². The fourth-order valence-electron chi connectivity index (χ4n) is 1.28. The van der Waals surface area contributed by atoms with Crippen LogP contribution in [0.15, 0.2) is 0 Å². The lowest BCUT2D eigenvalue weighted by molar-refractivity contribution is 0.218. The zero-order valence-electron chi connectivity index (χ0n) is 6.86. The highest BCUT2D eigenvalue weighted by Crippen LogP contribution is 2.15. The molecule has 0 saturated carbocycles. The van der Waals surface area contributed by atoms with Gasteiger partial charge >= 0.3 is 6.03 Å². The van der Waals surface area contributed by atoms with E-state index < -0.39 is 21.1 Å². The quantitative estimate of drug-likeness (QED) is 0.589. The number of nitrogens with zero attached hydrogens (tertiary/aromatic N) is 1. The van der Waals surface area contributed by atoms with E-state index in [4.69, 9.17) is 5.73 Å². The van der Waals surface area contributed by atoms with Crippen molar-refractivity contribution in [2.24, 2.45) is 5.73 Å². The van der Waals surface area contributed by atoms with Crippen LogP contribution in [0.4, 0.5) is 4.79 Å². The summed E-state index contributed by atoms with van der Waals surface area (Å²) in [4.78, 5) is 12.0. The molecule has 2 amide bonds. The smallest absolute Gasteiger partial charge is 0.314 e. The van der Waals surface area contributed by atoms with Crippen LogP contribution in [-0.4, -0.2) is 43.9 Å². The fraction of sp³-hybridized carbons (Fsp3) is 0.833. The Labute approximate surface area is 71.4 Å². The van der Waals surface area contributed by atoms with Crippen LogP contribution < -0.4 is 5.73 Å². The summed E-state index contributed by atoms with van der Waals surface area (Å²) >= 11 is 0. The number of primary amides is 1. The van der Waals surface area contributed by atoms with Crippen LogP contribution in [0.2, 0.25) is 0 Å². The second-order valence-electron chi connectivity index (χ2n) is 3.02. The SMILES string of the molecule is CS(=O)(=O)[C@H]1CCN(C(N)=O)C1. The molecule has 0 aliphatic carbocycles. The van der Waals surface area contributed by atoms with Crippen molar-refractivity contribution in [2.75, 3.05) is 19.3 Å². The minimum Gasteiger partial charge on any atom is -0.351 e. The maximum Gasteiger partial charge on any atom is 0.314 e. The lowest BCUT2D eigenvalue weighted by Gasteiger charge is -2.11. The predicted octanol–water partition coefficient (Wildman–Crippen LogP) is -0.816. The molecule has 0 spiro atoms. The number of carbonyl (C=O) groups excluding carboxylic acids is 1. The van der Waals surface area contributed by atoms with Crippen LogP contribution in [0, 0.1) is 0 Å². The van der Waals surface area contributed by atoms with Crippen LogP contribution in [-0.2, 0) is 9.84 Å². The summed E-state index contributed by atoms with van der Waals surface area (Å²) in [5, 5.41) is -0.426. The first-order valence-corrected chi connectivity index (χ1v) is 5.60. The van der Waals surface area contributed by atoms with Gasteiger partial charge in [-0.2, -0.15) is 0 Å². The largest absolute Gasteiger partial charge is 0.351 e. The molecule has 12 heavy (non-hydrogen) atoms. The highest BCUT2D eigenvalue weighted by molar-refractivity contribution is 7.91. The number of urea groups is 1. The van der Waals surface area contributed by atoms with Gasteiger partial charge in [-0.3, -0.25) is 0 Å². The topological polar surface area (TPSA) is 80.5 Å². The Morgan fingerprint density at radius 3 is 2.42 bits per heavy atom. The fourth-order valence-corrected chi connectivity index (χ4v) is 2.26. The van der Waals surface area contributed by atoms with Crippen LogP contribution in [0.5, 0.6) is 0 Å². The van der Waals surface area contributed by atoms with E-state index in [2.05, 4.69) is 0 Å². The summed E-state index contributed by atoms with van der Waals surface area (Å²) in [7, 11) is -3.02. The highest BCUT2D eigenvalue weighted by atomic mass is 32.2. The monoisotopic (exact) mass is 192 g/mol. The number of hydrogen-bond donors (Lipinski definition) is 1. The summed E-state index contributed by atoms with van der Waals surface area (Å²) in [5.74, 6) is 0. The summed E-state index contributed by atoms with van der Waals surface area (Å²) in [6, 6.07) is -0.541. The Kier molecular flexibility index (Phi) is 2.27. The third kappa shape index (κ3) is 1.88. The van der Waals surface area contributed by atoms with Gasteiger partial charge < -0.3 is 10.6 Å². The minimum absolute atomic E-state index is 0.244. The standard InChI is InChI=1S/C6H12N2O3S/c1-12(10,11)5-2-3-8(4-5)6(7)9/h5H,2-4H2,1H3,(H2,7,9)/t5-/m0/s1. The summed E-state index contributed by atoms with van der Waals surface area (Å²) in [6.07, 6.45) is 1.68. The van der Waals surface area contributed by atoms with E-state index in [-0.39, 0.29) is 6.54 Å². The molecule has 1 heterocycles. The van der Waals surface area contributed by atoms with Crippen LogP contribution in [0.25, 0.3) is 0 Å². The molecule has 6 heteroatoms. The molecule has 5 nitrogen and oxygen atoms in total. The number of rotatable bonds is 1. The van der Waals surface area contributed by atoms with Crippen molar-refractivity contribution >= 4 is 15.9 Å². The van der Waals surface area contributed by atoms with Gasteiger partial charge in [0.05, 0.1) is 5.25 Å². The molecule has 1 rings (SSSR count). The molecule has 70 valence electrons.